The molecule has 14 heavy (non-hydrogen) atoms. The molecule has 0 aromatic carbocycles. The first-order chi connectivity index (χ1) is 6.57. The van der Waals surface area contributed by atoms with Crippen molar-refractivity contribution in [1.29, 1.82) is 0 Å². The molecule has 0 atom stereocenters. The van der Waals surface area contributed by atoms with Crippen molar-refractivity contribution in [2.45, 2.75) is 13.8 Å². The van der Waals surface area contributed by atoms with E-state index in [1.54, 1.807) is 0 Å². The third-order valence-electron chi connectivity index (χ3n) is 1.37. The van der Waals surface area contributed by atoms with E-state index in [1.807, 2.05) is 19.9 Å². The fraction of sp³-hybridized carbons (Fsp3) is 0.400. The molecule has 0 saturated heterocycles. The number of nitrogens with one attached hydrogen (secondary N) is 2. The van der Waals surface area contributed by atoms with E-state index in [9.17, 15) is 0 Å². The van der Waals surface area contributed by atoms with Crippen LogP contribution in [0, 0.1) is 6.57 Å². The van der Waals surface area contributed by atoms with Crippen LogP contribution in [0.4, 0.5) is 0 Å². The average Bonchev–Trinajstić information content (AvgIpc) is 2.11. The standard InChI is InChI=1S/C10H15N3.W/c1-9(2)7-10(3)8-13-12-6-5-11-4;/h7,12-13H,1,5-6H2,2-3H3;/b10-7-;. The third-order valence-corrected chi connectivity index (χ3v) is 2.90. The molecule has 0 aromatic rings. The summed E-state index contributed by atoms with van der Waals surface area (Å²) in [7, 11) is 0. The second-order valence-electron chi connectivity index (χ2n) is 2.94. The van der Waals surface area contributed by atoms with E-state index in [1.165, 1.54) is 24.9 Å². The van der Waals surface area contributed by atoms with Crippen LogP contribution in [0.3, 0.4) is 0 Å². The Labute approximate surface area is 96.5 Å². The van der Waals surface area contributed by atoms with E-state index in [4.69, 9.17) is 6.57 Å². The maximum absolute atomic E-state index is 6.60. The minimum absolute atomic E-state index is 0.499. The van der Waals surface area contributed by atoms with Crippen molar-refractivity contribution in [3.05, 3.63) is 35.2 Å². The number of hydrogen-bond donors (Lipinski definition) is 2. The topological polar surface area (TPSA) is 28.4 Å². The Hall–Kier alpha value is -0.552. The summed E-state index contributed by atoms with van der Waals surface area (Å²) in [5.41, 5.74) is 8.29. The summed E-state index contributed by atoms with van der Waals surface area (Å²) >= 11 is 1.37. The molecule has 3 nitrogen and oxygen atoms in total. The van der Waals surface area contributed by atoms with Gasteiger partial charge >= 0.3 is 96.4 Å². The summed E-state index contributed by atoms with van der Waals surface area (Å²) in [6.45, 7) is 15.6. The zero-order valence-electron chi connectivity index (χ0n) is 8.55. The van der Waals surface area contributed by atoms with Crippen LogP contribution >= 0.6 is 0 Å². The molecule has 0 aliphatic heterocycles. The van der Waals surface area contributed by atoms with E-state index in [2.05, 4.69) is 22.3 Å². The SMILES string of the molecule is [C-]#[N+]CCNN[C](=[W])/C(C)=C\C(=C)C. The van der Waals surface area contributed by atoms with E-state index in [0.29, 0.717) is 13.1 Å². The van der Waals surface area contributed by atoms with Crippen molar-refractivity contribution >= 4 is 4.02 Å². The molecule has 0 saturated carbocycles. The molecule has 0 aliphatic carbocycles. The molecule has 0 aliphatic rings. The van der Waals surface area contributed by atoms with Crippen LogP contribution in [0.25, 0.3) is 4.85 Å². The quantitative estimate of drug-likeness (QED) is 0.322. The Morgan fingerprint density at radius 2 is 2.21 bits per heavy atom. The molecule has 0 unspecified atom stereocenters. The van der Waals surface area contributed by atoms with Gasteiger partial charge in [-0.2, -0.15) is 0 Å². The number of rotatable bonds is 6. The fourth-order valence-electron chi connectivity index (χ4n) is 0.788. The van der Waals surface area contributed by atoms with Crippen LogP contribution in [0.2, 0.25) is 0 Å². The van der Waals surface area contributed by atoms with Crippen molar-refractivity contribution in [2.75, 3.05) is 13.1 Å². The monoisotopic (exact) mass is 361 g/mol. The Bertz CT molecular complexity index is 286. The molecular weight excluding hydrogens is 346 g/mol. The van der Waals surface area contributed by atoms with Crippen LogP contribution < -0.4 is 10.9 Å². The predicted molar refractivity (Wildman–Crippen MR) is 56.2 cm³/mol. The average molecular weight is 361 g/mol. The summed E-state index contributed by atoms with van der Waals surface area (Å²) in [5, 5.41) is 0. The van der Waals surface area contributed by atoms with Crippen molar-refractivity contribution in [3.63, 3.8) is 0 Å². The molecule has 0 fully saturated rings. The normalized spacial score (nSPS) is 10.8. The Kier molecular flexibility index (Phi) is 7.51. The van der Waals surface area contributed by atoms with Gasteiger partial charge in [0.2, 0.25) is 0 Å². The van der Waals surface area contributed by atoms with E-state index in [-0.39, 0.29) is 0 Å². The summed E-state index contributed by atoms with van der Waals surface area (Å²) < 4.78 is 1.14. The summed E-state index contributed by atoms with van der Waals surface area (Å²) in [6, 6.07) is 0. The van der Waals surface area contributed by atoms with Crippen LogP contribution in [0.1, 0.15) is 13.8 Å². The van der Waals surface area contributed by atoms with Crippen molar-refractivity contribution in [2.24, 2.45) is 0 Å². The van der Waals surface area contributed by atoms with Crippen LogP contribution in [-0.2, 0) is 19.4 Å². The number of allylic oxidation sites excluding steroid dienone is 2. The van der Waals surface area contributed by atoms with Crippen molar-refractivity contribution in [3.8, 4) is 0 Å². The van der Waals surface area contributed by atoms with E-state index >= 15 is 0 Å². The first-order valence-electron chi connectivity index (χ1n) is 4.28. The fourth-order valence-corrected chi connectivity index (χ4v) is 1.26. The van der Waals surface area contributed by atoms with Crippen LogP contribution in [0.15, 0.2) is 23.8 Å². The van der Waals surface area contributed by atoms with Gasteiger partial charge in [-0.25, -0.2) is 0 Å². The summed E-state index contributed by atoms with van der Waals surface area (Å²) in [4.78, 5) is 3.24. The zero-order valence-corrected chi connectivity index (χ0v) is 11.5. The first-order valence-corrected chi connectivity index (χ1v) is 5.75. The second kappa shape index (κ2) is 7.82. The molecule has 0 aromatic heterocycles. The molecule has 0 amide bonds. The maximum atomic E-state index is 6.60. The van der Waals surface area contributed by atoms with Crippen LogP contribution in [-0.4, -0.2) is 17.1 Å². The van der Waals surface area contributed by atoms with Gasteiger partial charge in [0, 0.05) is 0 Å². The Morgan fingerprint density at radius 1 is 1.57 bits per heavy atom. The third kappa shape index (κ3) is 6.91. The molecule has 0 spiro atoms. The molecule has 76 valence electrons. The molecule has 2 N–H and O–H groups in total. The van der Waals surface area contributed by atoms with Gasteiger partial charge in [-0.1, -0.05) is 0 Å². The number of hydrazine groups is 1. The number of nitrogens with zero attached hydrogens (tertiary/aromatic N) is 1. The molecule has 0 heterocycles. The Balaban J connectivity index is 3.86. The summed E-state index contributed by atoms with van der Waals surface area (Å²) in [5.74, 6) is 0. The van der Waals surface area contributed by atoms with Gasteiger partial charge in [0.15, 0.2) is 0 Å². The van der Waals surface area contributed by atoms with Crippen molar-refractivity contribution < 1.29 is 19.4 Å². The first kappa shape index (κ1) is 13.4. The van der Waals surface area contributed by atoms with Gasteiger partial charge in [-0.05, 0) is 0 Å². The molecular formula is C10H15N3W. The van der Waals surface area contributed by atoms with Crippen molar-refractivity contribution in [1.82, 2.24) is 10.9 Å². The van der Waals surface area contributed by atoms with Gasteiger partial charge in [0.05, 0.1) is 0 Å². The predicted octanol–water partition coefficient (Wildman–Crippen LogP) is 1.20. The summed E-state index contributed by atoms with van der Waals surface area (Å²) in [6.07, 6.45) is 2.03. The number of hydrogen-bond acceptors (Lipinski definition) is 2. The van der Waals surface area contributed by atoms with E-state index in [0.717, 1.165) is 9.59 Å². The minimum atomic E-state index is 0.499. The molecule has 0 rings (SSSR count). The van der Waals surface area contributed by atoms with Gasteiger partial charge in [0.1, 0.15) is 0 Å². The zero-order chi connectivity index (χ0) is 11.0. The van der Waals surface area contributed by atoms with Gasteiger partial charge < -0.3 is 0 Å². The second-order valence-corrected chi connectivity index (χ2v) is 4.40. The van der Waals surface area contributed by atoms with E-state index < -0.39 is 0 Å². The van der Waals surface area contributed by atoms with Gasteiger partial charge in [-0.15, -0.1) is 0 Å². The Morgan fingerprint density at radius 3 is 2.71 bits per heavy atom. The molecule has 4 heteroatoms. The van der Waals surface area contributed by atoms with Gasteiger partial charge in [-0.3, -0.25) is 0 Å². The van der Waals surface area contributed by atoms with Gasteiger partial charge in [0.25, 0.3) is 0 Å². The molecule has 0 radical (unpaired) electrons. The van der Waals surface area contributed by atoms with Crippen LogP contribution in [0.5, 0.6) is 0 Å². The molecule has 0 bridgehead atoms.